The first-order chi connectivity index (χ1) is 8.79. The van der Waals surface area contributed by atoms with Crippen molar-refractivity contribution in [2.45, 2.75) is 6.18 Å². The molecule has 0 radical (unpaired) electrons. The van der Waals surface area contributed by atoms with Gasteiger partial charge in [-0.2, -0.15) is 13.2 Å². The molecule has 0 saturated carbocycles. The maximum atomic E-state index is 12.7. The number of halogens is 4. The summed E-state index contributed by atoms with van der Waals surface area (Å²) in [4.78, 5) is 14.3. The molecule has 0 aliphatic heterocycles. The molecule has 0 aromatic carbocycles. The Morgan fingerprint density at radius 1 is 1.26 bits per heavy atom. The maximum Gasteiger partial charge on any atom is 0.418 e. The van der Waals surface area contributed by atoms with Gasteiger partial charge in [0.15, 0.2) is 0 Å². The van der Waals surface area contributed by atoms with E-state index in [0.29, 0.717) is 6.20 Å². The van der Waals surface area contributed by atoms with E-state index < -0.39 is 29.1 Å². The Kier molecular flexibility index (Phi) is 3.01. The Morgan fingerprint density at radius 2 is 1.95 bits per heavy atom. The lowest BCUT2D eigenvalue weighted by atomic mass is 10.2. The molecule has 0 amide bonds. The third kappa shape index (κ3) is 2.56. The summed E-state index contributed by atoms with van der Waals surface area (Å²) in [5.41, 5.74) is -2.18. The highest BCUT2D eigenvalue weighted by atomic mass is 19.4. The van der Waals surface area contributed by atoms with Crippen LogP contribution in [-0.4, -0.2) is 20.6 Å². The average molecular weight is 274 g/mol. The van der Waals surface area contributed by atoms with Crippen LogP contribution in [0, 0.1) is 5.82 Å². The zero-order valence-electron chi connectivity index (χ0n) is 9.15. The van der Waals surface area contributed by atoms with Crippen molar-refractivity contribution in [1.82, 2.24) is 9.55 Å². The number of nitrogens with zero attached hydrogens (tertiary/aromatic N) is 2. The highest BCUT2D eigenvalue weighted by Gasteiger charge is 2.37. The van der Waals surface area contributed by atoms with Crippen LogP contribution >= 0.6 is 0 Å². The van der Waals surface area contributed by atoms with E-state index in [1.54, 1.807) is 0 Å². The highest BCUT2D eigenvalue weighted by molar-refractivity contribution is 5.89. The van der Waals surface area contributed by atoms with Gasteiger partial charge in [-0.3, -0.25) is 0 Å². The number of carbonyl (C=O) groups is 1. The number of hydrogen-bond donors (Lipinski definition) is 1. The maximum absolute atomic E-state index is 12.7. The molecule has 2 aromatic heterocycles. The van der Waals surface area contributed by atoms with E-state index in [9.17, 15) is 22.4 Å². The monoisotopic (exact) mass is 274 g/mol. The molecule has 0 spiro atoms. The van der Waals surface area contributed by atoms with Crippen LogP contribution in [0.25, 0.3) is 5.82 Å². The van der Waals surface area contributed by atoms with Gasteiger partial charge in [-0.1, -0.05) is 0 Å². The van der Waals surface area contributed by atoms with E-state index in [0.717, 1.165) is 29.1 Å². The van der Waals surface area contributed by atoms with Gasteiger partial charge in [0.1, 0.15) is 11.6 Å². The Bertz CT molecular complexity index is 617. The summed E-state index contributed by atoms with van der Waals surface area (Å²) in [5, 5.41) is 8.74. The Hall–Kier alpha value is -2.38. The van der Waals surface area contributed by atoms with Gasteiger partial charge in [0.2, 0.25) is 0 Å². The number of rotatable bonds is 2. The summed E-state index contributed by atoms with van der Waals surface area (Å²) in [6.07, 6.45) is -2.59. The first-order valence-electron chi connectivity index (χ1n) is 4.93. The first kappa shape index (κ1) is 13.1. The topological polar surface area (TPSA) is 55.1 Å². The van der Waals surface area contributed by atoms with Gasteiger partial charge in [0, 0.05) is 12.4 Å². The number of aromatic carboxylic acids is 1. The van der Waals surface area contributed by atoms with Gasteiger partial charge >= 0.3 is 12.1 Å². The van der Waals surface area contributed by atoms with Crippen molar-refractivity contribution in [3.05, 3.63) is 47.7 Å². The van der Waals surface area contributed by atoms with Crippen molar-refractivity contribution in [3.63, 3.8) is 0 Å². The number of carboxylic acids is 1. The van der Waals surface area contributed by atoms with E-state index in [1.807, 2.05) is 0 Å². The molecule has 0 fully saturated rings. The van der Waals surface area contributed by atoms with E-state index in [4.69, 9.17) is 5.11 Å². The second kappa shape index (κ2) is 4.38. The van der Waals surface area contributed by atoms with Gasteiger partial charge in [-0.25, -0.2) is 14.2 Å². The van der Waals surface area contributed by atoms with E-state index >= 15 is 0 Å². The molecule has 8 heteroatoms. The molecular weight excluding hydrogens is 268 g/mol. The first-order valence-corrected chi connectivity index (χ1v) is 4.93. The SMILES string of the molecule is O=C(O)c1cn(-c2ccc(F)cn2)cc1C(F)(F)F. The predicted octanol–water partition coefficient (Wildman–Crippen LogP) is 2.73. The van der Waals surface area contributed by atoms with Gasteiger partial charge in [-0.15, -0.1) is 0 Å². The summed E-state index contributed by atoms with van der Waals surface area (Å²) in [5.74, 6) is -2.36. The quantitative estimate of drug-likeness (QED) is 0.857. The van der Waals surface area contributed by atoms with Crippen LogP contribution in [0.4, 0.5) is 17.6 Å². The molecule has 0 saturated heterocycles. The minimum atomic E-state index is -4.79. The fourth-order valence-electron chi connectivity index (χ4n) is 1.50. The van der Waals surface area contributed by atoms with E-state index in [2.05, 4.69) is 4.98 Å². The summed E-state index contributed by atoms with van der Waals surface area (Å²) in [6.45, 7) is 0. The zero-order valence-corrected chi connectivity index (χ0v) is 9.15. The van der Waals surface area contributed by atoms with Crippen LogP contribution in [0.5, 0.6) is 0 Å². The van der Waals surface area contributed by atoms with Crippen molar-refractivity contribution < 1.29 is 27.5 Å². The van der Waals surface area contributed by atoms with Crippen molar-refractivity contribution in [1.29, 1.82) is 0 Å². The molecule has 0 unspecified atom stereocenters. The molecular formula is C11H6F4N2O2. The Labute approximate surface area is 103 Å². The Morgan fingerprint density at radius 3 is 2.37 bits per heavy atom. The van der Waals surface area contributed by atoms with Crippen LogP contribution in [0.2, 0.25) is 0 Å². The molecule has 2 heterocycles. The van der Waals surface area contributed by atoms with Crippen molar-refractivity contribution in [2.75, 3.05) is 0 Å². The average Bonchev–Trinajstić information content (AvgIpc) is 2.74. The lowest BCUT2D eigenvalue weighted by Crippen LogP contribution is -2.09. The molecule has 1 N–H and O–H groups in total. The molecule has 4 nitrogen and oxygen atoms in total. The van der Waals surface area contributed by atoms with Gasteiger partial charge in [0.25, 0.3) is 0 Å². The third-order valence-corrected chi connectivity index (χ3v) is 2.34. The number of aromatic nitrogens is 2. The second-order valence-corrected chi connectivity index (χ2v) is 3.63. The largest absolute Gasteiger partial charge is 0.478 e. The normalized spacial score (nSPS) is 11.6. The van der Waals surface area contributed by atoms with Crippen LogP contribution in [0.15, 0.2) is 30.7 Å². The van der Waals surface area contributed by atoms with Gasteiger partial charge in [0.05, 0.1) is 17.3 Å². The van der Waals surface area contributed by atoms with Crippen LogP contribution < -0.4 is 0 Å². The summed E-state index contributed by atoms with van der Waals surface area (Å²) < 4.78 is 51.5. The fraction of sp³-hybridized carbons (Fsp3) is 0.0909. The minimum absolute atomic E-state index is 0.0144. The van der Waals surface area contributed by atoms with Crippen LogP contribution in [0.1, 0.15) is 15.9 Å². The van der Waals surface area contributed by atoms with Gasteiger partial charge in [-0.05, 0) is 12.1 Å². The standard InChI is InChI=1S/C11H6F4N2O2/c12-6-1-2-9(16-3-6)17-4-7(10(18)19)8(5-17)11(13,14)15/h1-5H,(H,18,19). The molecule has 100 valence electrons. The van der Waals surface area contributed by atoms with Crippen LogP contribution in [-0.2, 0) is 6.18 Å². The molecule has 19 heavy (non-hydrogen) atoms. The van der Waals surface area contributed by atoms with Crippen molar-refractivity contribution in [2.24, 2.45) is 0 Å². The summed E-state index contributed by atoms with van der Waals surface area (Å²) in [6, 6.07) is 2.15. The van der Waals surface area contributed by atoms with Crippen molar-refractivity contribution in [3.8, 4) is 5.82 Å². The van der Waals surface area contributed by atoms with Gasteiger partial charge < -0.3 is 9.67 Å². The molecule has 2 rings (SSSR count). The number of pyridine rings is 1. The zero-order chi connectivity index (χ0) is 14.2. The molecule has 2 aromatic rings. The lowest BCUT2D eigenvalue weighted by molar-refractivity contribution is -0.138. The smallest absolute Gasteiger partial charge is 0.418 e. The van der Waals surface area contributed by atoms with E-state index in [-0.39, 0.29) is 5.82 Å². The van der Waals surface area contributed by atoms with E-state index in [1.165, 1.54) is 0 Å². The third-order valence-electron chi connectivity index (χ3n) is 2.34. The Balaban J connectivity index is 2.55. The molecule has 0 atom stereocenters. The number of hydrogen-bond acceptors (Lipinski definition) is 2. The fourth-order valence-corrected chi connectivity index (χ4v) is 1.50. The number of alkyl halides is 3. The summed E-state index contributed by atoms with van der Waals surface area (Å²) in [7, 11) is 0. The molecule has 0 bridgehead atoms. The summed E-state index contributed by atoms with van der Waals surface area (Å²) >= 11 is 0. The minimum Gasteiger partial charge on any atom is -0.478 e. The predicted molar refractivity (Wildman–Crippen MR) is 55.5 cm³/mol. The molecule has 0 aliphatic rings. The van der Waals surface area contributed by atoms with Crippen molar-refractivity contribution >= 4 is 5.97 Å². The lowest BCUT2D eigenvalue weighted by Gasteiger charge is -2.04. The second-order valence-electron chi connectivity index (χ2n) is 3.63. The van der Waals surface area contributed by atoms with Crippen LogP contribution in [0.3, 0.4) is 0 Å². The molecule has 0 aliphatic carbocycles. The number of carboxylic acid groups (broad SMARTS) is 1. The highest BCUT2D eigenvalue weighted by Crippen LogP contribution is 2.33.